The molecule has 5 nitrogen and oxygen atoms in total. The van der Waals surface area contributed by atoms with Crippen LogP contribution in [-0.2, 0) is 11.4 Å². The van der Waals surface area contributed by atoms with Crippen LogP contribution in [0.15, 0.2) is 45.8 Å². The van der Waals surface area contributed by atoms with Gasteiger partial charge in [-0.1, -0.05) is 28.1 Å². The summed E-state index contributed by atoms with van der Waals surface area (Å²) in [6, 6.07) is 9.39. The molecule has 8 heteroatoms. The molecule has 1 saturated heterocycles. The van der Waals surface area contributed by atoms with Crippen molar-refractivity contribution in [2.24, 2.45) is 0 Å². The number of methoxy groups -OCH3 is 1. The van der Waals surface area contributed by atoms with Gasteiger partial charge in [-0.2, -0.15) is 0 Å². The fourth-order valence-corrected chi connectivity index (χ4v) is 4.18. The first-order chi connectivity index (χ1) is 13.8. The molecule has 2 aromatic carbocycles. The Morgan fingerprint density at radius 1 is 1.21 bits per heavy atom. The predicted octanol–water partition coefficient (Wildman–Crippen LogP) is 5.62. The molecule has 0 aliphatic carbocycles. The summed E-state index contributed by atoms with van der Waals surface area (Å²) in [5.41, 5.74) is 1.36. The van der Waals surface area contributed by atoms with Crippen molar-refractivity contribution in [2.45, 2.75) is 26.5 Å². The first-order valence-corrected chi connectivity index (χ1v) is 10.4. The van der Waals surface area contributed by atoms with Crippen LogP contribution in [0.4, 0.5) is 9.18 Å². The minimum atomic E-state index is -0.329. The second-order valence-corrected chi connectivity index (χ2v) is 8.44. The van der Waals surface area contributed by atoms with Gasteiger partial charge in [-0.25, -0.2) is 4.39 Å². The van der Waals surface area contributed by atoms with E-state index in [1.807, 2.05) is 0 Å². The van der Waals surface area contributed by atoms with Crippen molar-refractivity contribution in [2.75, 3.05) is 7.11 Å². The lowest BCUT2D eigenvalue weighted by molar-refractivity contribution is -0.123. The first-order valence-electron chi connectivity index (χ1n) is 8.82. The fraction of sp³-hybridized carbons (Fsp3) is 0.238. The molecule has 0 aromatic heterocycles. The average molecular weight is 480 g/mol. The second-order valence-electron chi connectivity index (χ2n) is 6.59. The summed E-state index contributed by atoms with van der Waals surface area (Å²) in [6.45, 7) is 3.76. The van der Waals surface area contributed by atoms with Crippen molar-refractivity contribution < 1.29 is 23.5 Å². The summed E-state index contributed by atoms with van der Waals surface area (Å²) in [4.78, 5) is 26.2. The van der Waals surface area contributed by atoms with E-state index in [0.29, 0.717) is 32.0 Å². The van der Waals surface area contributed by atoms with Crippen LogP contribution in [0.5, 0.6) is 11.5 Å². The molecule has 29 heavy (non-hydrogen) atoms. The summed E-state index contributed by atoms with van der Waals surface area (Å²) in [5, 5.41) is -0.283. The van der Waals surface area contributed by atoms with E-state index in [4.69, 9.17) is 9.47 Å². The number of carbonyl (C=O) groups is 2. The van der Waals surface area contributed by atoms with Crippen LogP contribution in [0.3, 0.4) is 0 Å². The Morgan fingerprint density at radius 2 is 1.97 bits per heavy atom. The Morgan fingerprint density at radius 3 is 2.59 bits per heavy atom. The summed E-state index contributed by atoms with van der Waals surface area (Å²) < 4.78 is 25.2. The third-order valence-electron chi connectivity index (χ3n) is 4.19. The van der Waals surface area contributed by atoms with E-state index >= 15 is 0 Å². The normalized spacial score (nSPS) is 15.5. The third-order valence-corrected chi connectivity index (χ3v) is 5.76. The quantitative estimate of drug-likeness (QED) is 0.503. The van der Waals surface area contributed by atoms with Crippen molar-refractivity contribution in [1.82, 2.24) is 4.90 Å². The van der Waals surface area contributed by atoms with E-state index in [1.165, 1.54) is 24.1 Å². The summed E-state index contributed by atoms with van der Waals surface area (Å²) in [7, 11) is 1.51. The van der Waals surface area contributed by atoms with Crippen LogP contribution in [0.2, 0.25) is 0 Å². The lowest BCUT2D eigenvalue weighted by Crippen LogP contribution is -2.34. The van der Waals surface area contributed by atoms with Crippen molar-refractivity contribution >= 4 is 44.9 Å². The molecule has 152 valence electrons. The van der Waals surface area contributed by atoms with Gasteiger partial charge >= 0.3 is 0 Å². The van der Waals surface area contributed by atoms with Gasteiger partial charge in [0.15, 0.2) is 11.5 Å². The first kappa shape index (κ1) is 21.4. The molecule has 0 spiro atoms. The smallest absolute Gasteiger partial charge is 0.293 e. The van der Waals surface area contributed by atoms with Crippen LogP contribution >= 0.6 is 27.7 Å². The highest BCUT2D eigenvalue weighted by atomic mass is 79.9. The van der Waals surface area contributed by atoms with Crippen LogP contribution < -0.4 is 9.47 Å². The second kappa shape index (κ2) is 9.00. The lowest BCUT2D eigenvalue weighted by atomic mass is 10.1. The third kappa shape index (κ3) is 4.82. The molecule has 1 aliphatic rings. The number of ether oxygens (including phenoxy) is 2. The average Bonchev–Trinajstić information content (AvgIpc) is 2.95. The van der Waals surface area contributed by atoms with Crippen LogP contribution in [0, 0.1) is 5.82 Å². The topological polar surface area (TPSA) is 55.8 Å². The number of halogens is 2. The zero-order valence-corrected chi connectivity index (χ0v) is 18.5. The Bertz CT molecular complexity index is 993. The van der Waals surface area contributed by atoms with Gasteiger partial charge in [-0.15, -0.1) is 0 Å². The molecule has 0 atom stereocenters. The van der Waals surface area contributed by atoms with Gasteiger partial charge in [-0.3, -0.25) is 14.5 Å². The van der Waals surface area contributed by atoms with Crippen LogP contribution in [0.25, 0.3) is 6.08 Å². The maximum atomic E-state index is 13.3. The van der Waals surface area contributed by atoms with Crippen molar-refractivity contribution in [3.8, 4) is 11.5 Å². The number of thioether (sulfide) groups is 1. The maximum absolute atomic E-state index is 13.3. The number of hydrogen-bond donors (Lipinski definition) is 0. The maximum Gasteiger partial charge on any atom is 0.293 e. The minimum Gasteiger partial charge on any atom is -0.493 e. The van der Waals surface area contributed by atoms with Crippen molar-refractivity contribution in [3.63, 3.8) is 0 Å². The number of amides is 2. The highest BCUT2D eigenvalue weighted by Gasteiger charge is 2.36. The summed E-state index contributed by atoms with van der Waals surface area (Å²) in [6.07, 6.45) is 1.65. The van der Waals surface area contributed by atoms with E-state index in [1.54, 1.807) is 44.2 Å². The molecule has 0 saturated carbocycles. The van der Waals surface area contributed by atoms with Gasteiger partial charge in [0.2, 0.25) is 0 Å². The van der Waals surface area contributed by atoms with Crippen LogP contribution in [-0.4, -0.2) is 29.2 Å². The molecule has 2 amide bonds. The molecular weight excluding hydrogens is 461 g/mol. The van der Waals surface area contributed by atoms with E-state index in [0.717, 1.165) is 11.8 Å². The Balaban J connectivity index is 1.85. The van der Waals surface area contributed by atoms with Gasteiger partial charge in [0.1, 0.15) is 12.4 Å². The zero-order chi connectivity index (χ0) is 21.1. The van der Waals surface area contributed by atoms with E-state index in [-0.39, 0.29) is 29.6 Å². The van der Waals surface area contributed by atoms with Gasteiger partial charge in [0, 0.05) is 10.5 Å². The molecule has 2 aromatic rings. The van der Waals surface area contributed by atoms with Gasteiger partial charge in [-0.05, 0) is 67.1 Å². The number of imide groups is 1. The standard InChI is InChI=1S/C21H19BrFNO4S/c1-12(2)24-20(25)19(29-21(24)26)9-14-8-17(27-3)18(10-16(14)22)28-11-13-5-4-6-15(23)7-13/h4-10,12H,11H2,1-3H3/b19-9+. The molecule has 1 fully saturated rings. The summed E-state index contributed by atoms with van der Waals surface area (Å²) in [5.74, 6) is 0.284. The zero-order valence-electron chi connectivity index (χ0n) is 16.1. The minimum absolute atomic E-state index is 0.174. The number of hydrogen-bond acceptors (Lipinski definition) is 5. The van der Waals surface area contributed by atoms with Gasteiger partial charge in [0.25, 0.3) is 11.1 Å². The molecule has 1 heterocycles. The number of rotatable bonds is 6. The van der Waals surface area contributed by atoms with Crippen LogP contribution in [0.1, 0.15) is 25.0 Å². The fourth-order valence-electron chi connectivity index (χ4n) is 2.79. The number of carbonyl (C=O) groups excluding carboxylic acids is 2. The SMILES string of the molecule is COc1cc(/C=C2/SC(=O)N(C(C)C)C2=O)c(Br)cc1OCc1cccc(F)c1. The van der Waals surface area contributed by atoms with Crippen molar-refractivity contribution in [3.05, 3.63) is 62.7 Å². The highest BCUT2D eigenvalue weighted by Crippen LogP contribution is 2.38. The van der Waals surface area contributed by atoms with E-state index < -0.39 is 0 Å². The molecule has 0 unspecified atom stereocenters. The van der Waals surface area contributed by atoms with Gasteiger partial charge in [0.05, 0.1) is 12.0 Å². The van der Waals surface area contributed by atoms with E-state index in [2.05, 4.69) is 15.9 Å². The molecule has 0 N–H and O–H groups in total. The molecular formula is C21H19BrFNO4S. The Hall–Kier alpha value is -2.32. The number of nitrogens with zero attached hydrogens (tertiary/aromatic N) is 1. The highest BCUT2D eigenvalue weighted by molar-refractivity contribution is 9.10. The van der Waals surface area contributed by atoms with E-state index in [9.17, 15) is 14.0 Å². The molecule has 1 aliphatic heterocycles. The predicted molar refractivity (Wildman–Crippen MR) is 114 cm³/mol. The largest absolute Gasteiger partial charge is 0.493 e. The Labute approximate surface area is 181 Å². The lowest BCUT2D eigenvalue weighted by Gasteiger charge is -2.16. The molecule has 0 bridgehead atoms. The monoisotopic (exact) mass is 479 g/mol. The van der Waals surface area contributed by atoms with Crippen molar-refractivity contribution in [1.29, 1.82) is 0 Å². The number of benzene rings is 2. The Kier molecular flexibility index (Phi) is 6.64. The molecule has 0 radical (unpaired) electrons. The molecule has 3 rings (SSSR count). The summed E-state index contributed by atoms with van der Waals surface area (Å²) >= 11 is 4.39. The van der Waals surface area contributed by atoms with Gasteiger partial charge < -0.3 is 9.47 Å².